The second-order valence-corrected chi connectivity index (χ2v) is 10.2. The van der Waals surface area contributed by atoms with E-state index in [0.29, 0.717) is 32.6 Å². The summed E-state index contributed by atoms with van der Waals surface area (Å²) in [5, 5.41) is -0.764. The highest BCUT2D eigenvalue weighted by Gasteiger charge is 2.65. The molecule has 3 heterocycles. The third kappa shape index (κ3) is 3.14. The number of alkyl halides is 3. The number of ether oxygens (including phenoxy) is 1. The van der Waals surface area contributed by atoms with Crippen LogP contribution >= 0.6 is 0 Å². The van der Waals surface area contributed by atoms with Crippen LogP contribution in [0.15, 0.2) is 17.0 Å². The van der Waals surface area contributed by atoms with E-state index in [1.54, 1.807) is 0 Å². The molecule has 0 bridgehead atoms. The van der Waals surface area contributed by atoms with Crippen LogP contribution in [0.3, 0.4) is 0 Å². The Morgan fingerprint density at radius 3 is 2.43 bits per heavy atom. The molecule has 1 aromatic rings. The molecule has 0 aromatic carbocycles. The van der Waals surface area contributed by atoms with Crippen molar-refractivity contribution in [2.75, 3.05) is 19.8 Å². The molecule has 3 fully saturated rings. The van der Waals surface area contributed by atoms with Crippen LogP contribution < -0.4 is 5.73 Å². The third-order valence-corrected chi connectivity index (χ3v) is 8.65. The molecule has 156 valence electrons. The Bertz CT molecular complexity index is 863. The first kappa shape index (κ1) is 20.1. The topological polar surface area (TPSA) is 85.5 Å². The van der Waals surface area contributed by atoms with Crippen LogP contribution in [-0.2, 0) is 20.8 Å². The van der Waals surface area contributed by atoms with Crippen LogP contribution in [0, 0.1) is 12.3 Å². The van der Waals surface area contributed by atoms with E-state index >= 15 is 0 Å². The van der Waals surface area contributed by atoms with Gasteiger partial charge in [0.1, 0.15) is 11.1 Å². The van der Waals surface area contributed by atoms with Gasteiger partial charge in [0.2, 0.25) is 0 Å². The number of hydrogen-bond acceptors (Lipinski definition) is 6. The van der Waals surface area contributed by atoms with Crippen molar-refractivity contribution in [1.29, 1.82) is 0 Å². The predicted octanol–water partition coefficient (Wildman–Crippen LogP) is 2.11. The highest BCUT2D eigenvalue weighted by Crippen LogP contribution is 2.56. The molecule has 1 spiro atoms. The molecule has 0 radical (unpaired) electrons. The molecule has 4 rings (SSSR count). The monoisotopic (exact) mass is 419 g/mol. The minimum Gasteiger partial charge on any atom is -0.381 e. The lowest BCUT2D eigenvalue weighted by Gasteiger charge is -2.65. The molecule has 1 saturated carbocycles. The van der Waals surface area contributed by atoms with Gasteiger partial charge in [0.05, 0.1) is 10.6 Å². The van der Waals surface area contributed by atoms with E-state index in [0.717, 1.165) is 25.0 Å². The number of nitrogens with zero attached hydrogens (tertiary/aromatic N) is 2. The van der Waals surface area contributed by atoms with Gasteiger partial charge in [-0.15, -0.1) is 0 Å². The van der Waals surface area contributed by atoms with Gasteiger partial charge in [0.15, 0.2) is 9.84 Å². The van der Waals surface area contributed by atoms with Crippen LogP contribution in [0.1, 0.15) is 37.1 Å². The van der Waals surface area contributed by atoms with Crippen molar-refractivity contribution in [2.45, 2.75) is 61.1 Å². The lowest BCUT2D eigenvalue weighted by molar-refractivity contribution is -0.141. The van der Waals surface area contributed by atoms with Crippen LogP contribution in [0.4, 0.5) is 13.2 Å². The lowest BCUT2D eigenvalue weighted by Crippen LogP contribution is -2.75. The average molecular weight is 419 g/mol. The maximum atomic E-state index is 13.5. The first-order chi connectivity index (χ1) is 13.0. The van der Waals surface area contributed by atoms with Crippen LogP contribution in [0.25, 0.3) is 0 Å². The van der Waals surface area contributed by atoms with E-state index in [1.165, 1.54) is 6.92 Å². The number of aryl methyl sites for hydroxylation is 1. The molecule has 1 aromatic heterocycles. The Morgan fingerprint density at radius 2 is 1.89 bits per heavy atom. The Kier molecular flexibility index (Phi) is 4.76. The smallest absolute Gasteiger partial charge is 0.381 e. The number of aromatic nitrogens is 1. The number of hydrogen-bond donors (Lipinski definition) is 1. The molecule has 0 amide bonds. The number of likely N-dealkylation sites (tertiary alicyclic amines) is 1. The van der Waals surface area contributed by atoms with Crippen LogP contribution in [-0.4, -0.2) is 55.5 Å². The first-order valence-corrected chi connectivity index (χ1v) is 11.0. The average Bonchev–Trinajstić information content (AvgIpc) is 2.56. The van der Waals surface area contributed by atoms with Gasteiger partial charge < -0.3 is 10.5 Å². The summed E-state index contributed by atoms with van der Waals surface area (Å²) >= 11 is 0. The Morgan fingerprint density at radius 1 is 1.25 bits per heavy atom. The molecule has 2 N–H and O–H groups in total. The van der Waals surface area contributed by atoms with E-state index in [9.17, 15) is 21.6 Å². The molecule has 1 unspecified atom stereocenters. The zero-order chi connectivity index (χ0) is 20.3. The van der Waals surface area contributed by atoms with Gasteiger partial charge in [-0.3, -0.25) is 4.90 Å². The summed E-state index contributed by atoms with van der Waals surface area (Å²) in [6.45, 7) is 3.14. The predicted molar refractivity (Wildman–Crippen MR) is 95.1 cm³/mol. The summed E-state index contributed by atoms with van der Waals surface area (Å²) in [6.07, 6.45) is -1.89. The summed E-state index contributed by atoms with van der Waals surface area (Å²) in [7, 11) is -3.89. The van der Waals surface area contributed by atoms with Gasteiger partial charge in [0.25, 0.3) is 0 Å². The van der Waals surface area contributed by atoms with E-state index in [2.05, 4.69) is 4.98 Å². The van der Waals surface area contributed by atoms with E-state index in [4.69, 9.17) is 10.5 Å². The Labute approximate surface area is 162 Å². The fraction of sp³-hybridized carbons (Fsp3) is 0.722. The molecule has 6 nitrogen and oxygen atoms in total. The summed E-state index contributed by atoms with van der Waals surface area (Å²) in [6, 6.07) is 1.86. The summed E-state index contributed by atoms with van der Waals surface area (Å²) in [5.74, 6) is 0. The van der Waals surface area contributed by atoms with Crippen molar-refractivity contribution in [1.82, 2.24) is 9.88 Å². The largest absolute Gasteiger partial charge is 0.433 e. The molecular weight excluding hydrogens is 395 g/mol. The van der Waals surface area contributed by atoms with Crippen molar-refractivity contribution < 1.29 is 26.3 Å². The maximum absolute atomic E-state index is 13.5. The van der Waals surface area contributed by atoms with E-state index in [-0.39, 0.29) is 22.7 Å². The van der Waals surface area contributed by atoms with Crippen molar-refractivity contribution in [3.05, 3.63) is 23.5 Å². The molecule has 2 saturated heterocycles. The molecule has 2 aliphatic heterocycles. The third-order valence-electron chi connectivity index (χ3n) is 6.25. The van der Waals surface area contributed by atoms with Crippen LogP contribution in [0.2, 0.25) is 0 Å². The summed E-state index contributed by atoms with van der Waals surface area (Å²) < 4.78 is 71.2. The van der Waals surface area contributed by atoms with Gasteiger partial charge in [0, 0.05) is 37.3 Å². The van der Waals surface area contributed by atoms with Gasteiger partial charge in [-0.05, 0) is 44.7 Å². The fourth-order valence-corrected chi connectivity index (χ4v) is 7.54. The lowest BCUT2D eigenvalue weighted by atomic mass is 9.60. The molecule has 10 heteroatoms. The van der Waals surface area contributed by atoms with Crippen molar-refractivity contribution in [3.63, 3.8) is 0 Å². The van der Waals surface area contributed by atoms with Gasteiger partial charge in [-0.1, -0.05) is 0 Å². The Balaban J connectivity index is 1.69. The number of halogens is 3. The second kappa shape index (κ2) is 6.65. The number of nitrogens with two attached hydrogens (primary N) is 1. The number of rotatable bonds is 3. The van der Waals surface area contributed by atoms with Crippen molar-refractivity contribution in [2.24, 2.45) is 11.1 Å². The maximum Gasteiger partial charge on any atom is 0.433 e. The van der Waals surface area contributed by atoms with E-state index < -0.39 is 32.5 Å². The molecule has 1 aliphatic carbocycles. The highest BCUT2D eigenvalue weighted by molar-refractivity contribution is 7.92. The first-order valence-electron chi connectivity index (χ1n) is 9.42. The SMILES string of the molecule is Cc1nc(C(F)(F)F)ccc1S(=O)(=O)C1N(C2CCOCC2)CC12CC(N)C2. The van der Waals surface area contributed by atoms with Crippen molar-refractivity contribution in [3.8, 4) is 0 Å². The minimum absolute atomic E-state index is 0.0265. The quantitative estimate of drug-likeness (QED) is 0.808. The van der Waals surface area contributed by atoms with Crippen LogP contribution in [0.5, 0.6) is 0 Å². The standard InChI is InChI=1S/C18H24F3N3O3S/c1-11-14(2-3-15(23-11)18(19,20)21)28(25,26)16-17(8-12(22)9-17)10-24(16)13-4-6-27-7-5-13/h2-3,12-13,16H,4-10,22H2,1H3. The molecule has 3 aliphatic rings. The zero-order valence-electron chi connectivity index (χ0n) is 15.6. The molecule has 28 heavy (non-hydrogen) atoms. The molecule has 1 atom stereocenters. The van der Waals surface area contributed by atoms with Gasteiger partial charge in [-0.25, -0.2) is 13.4 Å². The fourth-order valence-electron chi connectivity index (χ4n) is 5.05. The normalized spacial score (nSPS) is 32.2. The molecular formula is C18H24F3N3O3S. The van der Waals surface area contributed by atoms with Gasteiger partial charge >= 0.3 is 6.18 Å². The number of sulfone groups is 1. The summed E-state index contributed by atoms with van der Waals surface area (Å²) in [5.41, 5.74) is 4.35. The van der Waals surface area contributed by atoms with Gasteiger partial charge in [-0.2, -0.15) is 13.2 Å². The summed E-state index contributed by atoms with van der Waals surface area (Å²) in [4.78, 5) is 5.39. The van der Waals surface area contributed by atoms with Crippen molar-refractivity contribution >= 4 is 9.84 Å². The Hall–Kier alpha value is -1.23. The van der Waals surface area contributed by atoms with E-state index in [1.807, 2.05) is 4.90 Å². The zero-order valence-corrected chi connectivity index (χ0v) is 16.4. The number of pyridine rings is 1. The highest BCUT2D eigenvalue weighted by atomic mass is 32.2. The minimum atomic E-state index is -4.61. The second-order valence-electron chi connectivity index (χ2n) is 8.22.